The van der Waals surface area contributed by atoms with Gasteiger partial charge in [0.2, 0.25) is 5.91 Å². The first kappa shape index (κ1) is 30.5. The molecule has 5 rings (SSSR count). The van der Waals surface area contributed by atoms with Crippen LogP contribution in [-0.4, -0.2) is 56.0 Å². The van der Waals surface area contributed by atoms with Gasteiger partial charge in [0.15, 0.2) is 0 Å². The molecular weight excluding hydrogens is 534 g/mol. The van der Waals surface area contributed by atoms with E-state index < -0.39 is 0 Å². The Bertz CT molecular complexity index is 1790. The molecule has 2 aliphatic rings. The number of hydrogen-bond donors (Lipinski definition) is 3. The lowest BCUT2D eigenvalue weighted by molar-refractivity contribution is -0.134. The van der Waals surface area contributed by atoms with Crippen molar-refractivity contribution in [3.05, 3.63) is 75.9 Å². The van der Waals surface area contributed by atoms with Gasteiger partial charge in [-0.05, 0) is 92.6 Å². The molecule has 5 heterocycles. The third kappa shape index (κ3) is 5.35. The first-order chi connectivity index (χ1) is 20.5. The van der Waals surface area contributed by atoms with Crippen LogP contribution in [0.15, 0.2) is 30.8 Å². The van der Waals surface area contributed by atoms with E-state index in [0.29, 0.717) is 13.0 Å². The molecule has 0 radical (unpaired) electrons. The highest BCUT2D eigenvalue weighted by atomic mass is 16.3. The number of aromatic nitrogens is 4. The summed E-state index contributed by atoms with van der Waals surface area (Å²) in [5, 5.41) is 9.33. The van der Waals surface area contributed by atoms with Crippen molar-refractivity contribution in [1.29, 1.82) is 0 Å². The fourth-order valence-electron chi connectivity index (χ4n) is 6.82. The fourth-order valence-corrected chi connectivity index (χ4v) is 6.82. The van der Waals surface area contributed by atoms with Gasteiger partial charge in [0.05, 0.1) is 17.1 Å². The molecule has 1 unspecified atom stereocenters. The zero-order chi connectivity index (χ0) is 31.2. The molecule has 3 atom stereocenters. The highest BCUT2D eigenvalue weighted by Gasteiger charge is 2.38. The number of nitrogens with one attached hydrogen (secondary N) is 2. The number of carbonyl (C=O) groups excluding carboxylic acids is 1. The predicted octanol–water partition coefficient (Wildman–Crippen LogP) is 7.59. The number of nitrogens with zero attached hydrogens (tertiary/aromatic N) is 3. The highest BCUT2D eigenvalue weighted by Crippen LogP contribution is 2.44. The quantitative estimate of drug-likeness (QED) is 0.269. The molecule has 7 heteroatoms. The lowest BCUT2D eigenvalue weighted by atomic mass is 9.79. The van der Waals surface area contributed by atoms with Crippen molar-refractivity contribution in [2.75, 3.05) is 20.2 Å². The maximum atomic E-state index is 13.6. The van der Waals surface area contributed by atoms with Crippen LogP contribution < -0.4 is 0 Å². The van der Waals surface area contributed by atoms with E-state index in [1.54, 1.807) is 4.90 Å². The summed E-state index contributed by atoms with van der Waals surface area (Å²) in [7, 11) is 1.82. The first-order valence-corrected chi connectivity index (χ1v) is 15.4. The van der Waals surface area contributed by atoms with Crippen LogP contribution in [0, 0.1) is 26.7 Å². The van der Waals surface area contributed by atoms with Crippen molar-refractivity contribution in [3.63, 3.8) is 0 Å². The third-order valence-electron chi connectivity index (χ3n) is 9.54. The van der Waals surface area contributed by atoms with Crippen molar-refractivity contribution < 1.29 is 9.90 Å². The molecule has 3 aromatic heterocycles. The van der Waals surface area contributed by atoms with Gasteiger partial charge in [-0.1, -0.05) is 33.4 Å². The number of aryl methyl sites for hydroxylation is 3. The number of allylic oxidation sites excluding steroid dienone is 2. The van der Waals surface area contributed by atoms with Gasteiger partial charge in [-0.3, -0.25) is 9.78 Å². The van der Waals surface area contributed by atoms with E-state index in [4.69, 9.17) is 9.97 Å². The molecule has 0 saturated heterocycles. The lowest BCUT2D eigenvalue weighted by Crippen LogP contribution is -2.36. The van der Waals surface area contributed by atoms with Crippen LogP contribution in [0.3, 0.4) is 0 Å². The Morgan fingerprint density at radius 1 is 1.02 bits per heavy atom. The van der Waals surface area contributed by atoms with Gasteiger partial charge in [-0.15, -0.1) is 0 Å². The summed E-state index contributed by atoms with van der Waals surface area (Å²) >= 11 is 0. The smallest absolute Gasteiger partial charge is 0.225 e. The summed E-state index contributed by atoms with van der Waals surface area (Å²) in [6.45, 7) is 19.6. The number of amides is 1. The minimum Gasteiger partial charge on any atom is -0.396 e. The molecule has 7 nitrogen and oxygen atoms in total. The van der Waals surface area contributed by atoms with Gasteiger partial charge in [-0.25, -0.2) is 4.98 Å². The average Bonchev–Trinajstić information content (AvgIpc) is 3.69. The molecule has 226 valence electrons. The summed E-state index contributed by atoms with van der Waals surface area (Å²) in [5.74, 6) is -0.308. The summed E-state index contributed by atoms with van der Waals surface area (Å²) in [4.78, 5) is 33.1. The molecule has 0 aliphatic carbocycles. The number of H-pyrrole nitrogens is 2. The Morgan fingerprint density at radius 3 is 2.37 bits per heavy atom. The molecule has 0 fully saturated rings. The molecule has 1 amide bonds. The molecule has 0 spiro atoms. The van der Waals surface area contributed by atoms with Crippen molar-refractivity contribution in [1.82, 2.24) is 24.8 Å². The number of aliphatic hydroxyl groups excluding tert-OH is 1. The number of hydrogen-bond acceptors (Lipinski definition) is 4. The molecular formula is C36H45N5O2. The van der Waals surface area contributed by atoms with Gasteiger partial charge in [-0.2, -0.15) is 0 Å². The average molecular weight is 580 g/mol. The third-order valence-corrected chi connectivity index (χ3v) is 9.54. The Balaban J connectivity index is 1.84. The minimum absolute atomic E-state index is 0.0171. The zero-order valence-electron chi connectivity index (χ0n) is 26.9. The Labute approximate surface area is 254 Å². The molecule has 8 bridgehead atoms. The second kappa shape index (κ2) is 12.0. The van der Waals surface area contributed by atoms with Crippen LogP contribution in [0.1, 0.15) is 97.4 Å². The number of carbonyl (C=O) groups is 1. The van der Waals surface area contributed by atoms with Gasteiger partial charge in [0.25, 0.3) is 0 Å². The van der Waals surface area contributed by atoms with E-state index in [1.807, 2.05) is 20.0 Å². The molecule has 0 saturated carbocycles. The van der Waals surface area contributed by atoms with E-state index in [9.17, 15) is 9.90 Å². The van der Waals surface area contributed by atoms with Crippen LogP contribution >= 0.6 is 0 Å². The van der Waals surface area contributed by atoms with Crippen LogP contribution in [0.5, 0.6) is 0 Å². The fraction of sp³-hybridized carbons (Fsp3) is 0.417. The maximum absolute atomic E-state index is 13.6. The minimum atomic E-state index is -0.290. The second-order valence-electron chi connectivity index (χ2n) is 12.2. The SMILES string of the molecule is C=Cc1c(C)c2cc3nc(c(C)c4cc(C)c(cc5nc(cc1[nH]2)C(C)=C5CC)[nH]4)[C@H](C(C)C(=O)N(C)CCCO)[C@@H]3C. The Hall–Kier alpha value is -3.97. The van der Waals surface area contributed by atoms with Crippen LogP contribution in [0.2, 0.25) is 0 Å². The molecule has 3 aromatic rings. The number of rotatable bonds is 7. The van der Waals surface area contributed by atoms with Crippen molar-refractivity contribution in [3.8, 4) is 0 Å². The summed E-state index contributed by atoms with van der Waals surface area (Å²) in [6, 6.07) is 8.61. The van der Waals surface area contributed by atoms with Crippen LogP contribution in [-0.2, 0) is 4.79 Å². The van der Waals surface area contributed by atoms with Crippen molar-refractivity contribution in [2.24, 2.45) is 5.92 Å². The van der Waals surface area contributed by atoms with Gasteiger partial charge in [0.1, 0.15) is 0 Å². The first-order valence-electron chi connectivity index (χ1n) is 15.4. The standard InChI is InChI=1S/C36H45N5O2/c1-10-25-21(5)30-18-33-26(11-2)20(4)29(38-33)17-31-22(6)34(24(8)36(43)41(9)13-12-14-42)35(40-31)23(7)28-15-19(3)27(37-28)16-32(25)39-30/h11,15-18,22,24,34,37-38,42H,2,10,12-14H2,1,3-9H3/t22-,24?,34+/m1/s1. The Morgan fingerprint density at radius 2 is 1.70 bits per heavy atom. The monoisotopic (exact) mass is 579 g/mol. The lowest BCUT2D eigenvalue weighted by Gasteiger charge is -2.28. The van der Waals surface area contributed by atoms with E-state index in [-0.39, 0.29) is 30.3 Å². The molecule has 3 N–H and O–H groups in total. The van der Waals surface area contributed by atoms with Gasteiger partial charge < -0.3 is 20.0 Å². The van der Waals surface area contributed by atoms with Crippen molar-refractivity contribution in [2.45, 2.75) is 73.1 Å². The summed E-state index contributed by atoms with van der Waals surface area (Å²) in [6.07, 6.45) is 3.35. The topological polar surface area (TPSA) is 97.9 Å². The largest absolute Gasteiger partial charge is 0.396 e. The van der Waals surface area contributed by atoms with Gasteiger partial charge >= 0.3 is 0 Å². The van der Waals surface area contributed by atoms with Crippen LogP contribution in [0.25, 0.3) is 39.3 Å². The van der Waals surface area contributed by atoms with Crippen LogP contribution in [0.4, 0.5) is 0 Å². The normalized spacial score (nSPS) is 17.3. The predicted molar refractivity (Wildman–Crippen MR) is 178 cm³/mol. The second-order valence-corrected chi connectivity index (χ2v) is 12.2. The molecule has 2 aliphatic heterocycles. The maximum Gasteiger partial charge on any atom is 0.225 e. The zero-order valence-corrected chi connectivity index (χ0v) is 26.9. The summed E-state index contributed by atoms with van der Waals surface area (Å²) < 4.78 is 0. The van der Waals surface area contributed by atoms with E-state index in [0.717, 1.165) is 73.5 Å². The van der Waals surface area contributed by atoms with Crippen molar-refractivity contribution >= 4 is 45.2 Å². The number of aromatic amines is 2. The molecule has 43 heavy (non-hydrogen) atoms. The molecule has 0 aromatic carbocycles. The van der Waals surface area contributed by atoms with E-state index in [1.165, 1.54) is 11.1 Å². The Kier molecular flexibility index (Phi) is 8.48. The van der Waals surface area contributed by atoms with E-state index >= 15 is 0 Å². The summed E-state index contributed by atoms with van der Waals surface area (Å²) in [5.41, 5.74) is 14.6. The van der Waals surface area contributed by atoms with Gasteiger partial charge in [0, 0.05) is 71.3 Å². The van der Waals surface area contributed by atoms with E-state index in [2.05, 4.69) is 82.4 Å². The highest BCUT2D eigenvalue weighted by molar-refractivity contribution is 5.93. The number of fused-ring (bicyclic) bond motifs is 8. The number of aliphatic hydroxyl groups is 1.